The molecule has 0 spiro atoms. The molecule has 1 saturated carbocycles. The van der Waals surface area contributed by atoms with Gasteiger partial charge in [0.05, 0.1) is 5.92 Å². The van der Waals surface area contributed by atoms with Gasteiger partial charge < -0.3 is 4.74 Å². The van der Waals surface area contributed by atoms with Crippen molar-refractivity contribution in [2.75, 3.05) is 0 Å². The molecule has 3 nitrogen and oxygen atoms in total. The van der Waals surface area contributed by atoms with E-state index in [1.54, 1.807) is 0 Å². The summed E-state index contributed by atoms with van der Waals surface area (Å²) in [5.74, 6) is 0.379. The number of pyridine rings is 1. The van der Waals surface area contributed by atoms with Crippen LogP contribution in [-0.2, 0) is 9.53 Å². The molecule has 1 aliphatic carbocycles. The lowest BCUT2D eigenvalue weighted by Gasteiger charge is -2.39. The van der Waals surface area contributed by atoms with Crippen LogP contribution in [0.1, 0.15) is 48.4 Å². The van der Waals surface area contributed by atoms with Crippen LogP contribution in [0.3, 0.4) is 0 Å². The van der Waals surface area contributed by atoms with Gasteiger partial charge in [-0.05, 0) is 77.9 Å². The Morgan fingerprint density at radius 2 is 1.96 bits per heavy atom. The summed E-state index contributed by atoms with van der Waals surface area (Å²) in [6.45, 7) is 4.05. The fraction of sp³-hybridized carbons (Fsp3) is 0.429. The molecule has 1 aliphatic heterocycles. The van der Waals surface area contributed by atoms with Gasteiger partial charge in [-0.1, -0.05) is 23.7 Å². The molecule has 26 heavy (non-hydrogen) atoms. The van der Waals surface area contributed by atoms with Crippen LogP contribution in [0.2, 0.25) is 5.02 Å². The monoisotopic (exact) mass is 433 g/mol. The number of fused-ring (bicyclic) bond motifs is 1. The van der Waals surface area contributed by atoms with Crippen molar-refractivity contribution in [3.63, 3.8) is 0 Å². The van der Waals surface area contributed by atoms with Crippen LogP contribution in [0.5, 0.6) is 0 Å². The molecule has 5 heteroatoms. The zero-order valence-corrected chi connectivity index (χ0v) is 17.1. The second-order valence-electron chi connectivity index (χ2n) is 7.46. The van der Waals surface area contributed by atoms with Crippen LogP contribution in [0.25, 0.3) is 0 Å². The fourth-order valence-corrected chi connectivity index (χ4v) is 5.37. The average Bonchev–Trinajstić information content (AvgIpc) is 2.90. The van der Waals surface area contributed by atoms with E-state index in [1.807, 2.05) is 32.2 Å². The molecule has 0 radical (unpaired) electrons. The van der Waals surface area contributed by atoms with Crippen LogP contribution in [0.4, 0.5) is 0 Å². The smallest absolute Gasteiger partial charge is 0.309 e. The number of benzene rings is 1. The van der Waals surface area contributed by atoms with E-state index in [4.69, 9.17) is 16.3 Å². The minimum Gasteiger partial charge on any atom is -0.462 e. The minimum atomic E-state index is -0.102. The zero-order chi connectivity index (χ0) is 18.4. The largest absolute Gasteiger partial charge is 0.462 e. The van der Waals surface area contributed by atoms with Gasteiger partial charge >= 0.3 is 5.97 Å². The van der Waals surface area contributed by atoms with E-state index in [-0.39, 0.29) is 35.7 Å². The molecule has 0 amide bonds. The molecule has 2 aromatic rings. The second-order valence-corrected chi connectivity index (χ2v) is 8.78. The van der Waals surface area contributed by atoms with Crippen LogP contribution in [0.15, 0.2) is 41.0 Å². The summed E-state index contributed by atoms with van der Waals surface area (Å²) in [5, 5.41) is 0.799. The first kappa shape index (κ1) is 18.0. The standard InChI is InChI=1S/C21H21BrClNO2/c1-11-3-5-14(17(23)9-11)15-6-7-16-19(12(2)26-21(16)25)20(15)18-8-4-13(22)10-24-18/h3-5,8-10,12,15-16,19-20H,6-7H2,1-2H3. The molecule has 1 aromatic carbocycles. The first-order chi connectivity index (χ1) is 12.5. The fourth-order valence-electron chi connectivity index (χ4n) is 4.76. The summed E-state index contributed by atoms with van der Waals surface area (Å²) >= 11 is 10.1. The molecule has 2 fully saturated rings. The number of aromatic nitrogens is 1. The molecular weight excluding hydrogens is 414 g/mol. The third kappa shape index (κ3) is 3.07. The maximum atomic E-state index is 12.3. The molecule has 1 saturated heterocycles. The zero-order valence-electron chi connectivity index (χ0n) is 14.8. The SMILES string of the molecule is Cc1ccc(C2CCC3C(=O)OC(C)C3C2c2ccc(Br)cn2)c(Cl)c1. The van der Waals surface area contributed by atoms with E-state index in [2.05, 4.69) is 39.1 Å². The number of cyclic esters (lactones) is 1. The lowest BCUT2D eigenvalue weighted by atomic mass is 9.63. The number of halogens is 2. The number of hydrogen-bond acceptors (Lipinski definition) is 3. The Kier molecular flexibility index (Phi) is 4.83. The van der Waals surface area contributed by atoms with Gasteiger partial charge in [-0.2, -0.15) is 0 Å². The highest BCUT2D eigenvalue weighted by molar-refractivity contribution is 9.10. The van der Waals surface area contributed by atoms with Gasteiger partial charge in [0, 0.05) is 33.2 Å². The second kappa shape index (κ2) is 6.97. The van der Waals surface area contributed by atoms with E-state index in [1.165, 1.54) is 0 Å². The molecule has 1 aromatic heterocycles. The van der Waals surface area contributed by atoms with Crippen LogP contribution in [-0.4, -0.2) is 17.1 Å². The van der Waals surface area contributed by atoms with Gasteiger partial charge in [-0.3, -0.25) is 9.78 Å². The van der Waals surface area contributed by atoms with Crippen molar-refractivity contribution in [1.29, 1.82) is 0 Å². The van der Waals surface area contributed by atoms with Gasteiger partial charge in [0.25, 0.3) is 0 Å². The Morgan fingerprint density at radius 1 is 1.19 bits per heavy atom. The normalized spacial score (nSPS) is 30.8. The molecule has 136 valence electrons. The number of aryl methyl sites for hydroxylation is 1. The van der Waals surface area contributed by atoms with Crippen molar-refractivity contribution in [3.05, 3.63) is 62.8 Å². The first-order valence-corrected chi connectivity index (χ1v) is 10.2. The van der Waals surface area contributed by atoms with Crippen molar-refractivity contribution in [1.82, 2.24) is 4.98 Å². The summed E-state index contributed by atoms with van der Waals surface area (Å²) in [7, 11) is 0. The van der Waals surface area contributed by atoms with Gasteiger partial charge in [-0.15, -0.1) is 0 Å². The molecule has 5 unspecified atom stereocenters. The molecule has 0 bridgehead atoms. The molecule has 5 atom stereocenters. The van der Waals surface area contributed by atoms with E-state index >= 15 is 0 Å². The van der Waals surface area contributed by atoms with E-state index in [9.17, 15) is 4.79 Å². The number of carbonyl (C=O) groups excluding carboxylic acids is 1. The summed E-state index contributed by atoms with van der Waals surface area (Å²) in [6, 6.07) is 10.3. The predicted octanol–water partition coefficient (Wildman–Crippen LogP) is 5.64. The third-order valence-electron chi connectivity index (χ3n) is 5.90. The van der Waals surface area contributed by atoms with Crippen molar-refractivity contribution >= 4 is 33.5 Å². The minimum absolute atomic E-state index is 0.0408. The van der Waals surface area contributed by atoms with Crippen LogP contribution >= 0.6 is 27.5 Å². The Hall–Kier alpha value is -1.39. The Labute approximate surface area is 167 Å². The Balaban J connectivity index is 1.81. The summed E-state index contributed by atoms with van der Waals surface area (Å²) in [5.41, 5.74) is 3.31. The highest BCUT2D eigenvalue weighted by atomic mass is 79.9. The van der Waals surface area contributed by atoms with Crippen molar-refractivity contribution in [2.45, 2.75) is 44.6 Å². The number of rotatable bonds is 2. The lowest BCUT2D eigenvalue weighted by Crippen LogP contribution is -2.35. The molecule has 0 N–H and O–H groups in total. The number of ether oxygens (including phenoxy) is 1. The van der Waals surface area contributed by atoms with Gasteiger partial charge in [-0.25, -0.2) is 0 Å². The van der Waals surface area contributed by atoms with Crippen molar-refractivity contribution < 1.29 is 9.53 Å². The molecule has 2 heterocycles. The topological polar surface area (TPSA) is 39.2 Å². The lowest BCUT2D eigenvalue weighted by molar-refractivity contribution is -0.143. The van der Waals surface area contributed by atoms with E-state index < -0.39 is 0 Å². The number of carbonyl (C=O) groups is 1. The van der Waals surface area contributed by atoms with Gasteiger partial charge in [0.2, 0.25) is 0 Å². The molecule has 2 aliphatic rings. The predicted molar refractivity (Wildman–Crippen MR) is 105 cm³/mol. The van der Waals surface area contributed by atoms with Crippen molar-refractivity contribution in [3.8, 4) is 0 Å². The summed E-state index contributed by atoms with van der Waals surface area (Å²) in [6.07, 6.45) is 3.48. The molecular formula is C21H21BrClNO2. The highest BCUT2D eigenvalue weighted by Gasteiger charge is 2.52. The van der Waals surface area contributed by atoms with Gasteiger partial charge in [0.1, 0.15) is 6.10 Å². The van der Waals surface area contributed by atoms with Crippen LogP contribution < -0.4 is 0 Å². The number of nitrogens with zero attached hydrogens (tertiary/aromatic N) is 1. The summed E-state index contributed by atoms with van der Waals surface area (Å²) < 4.78 is 6.56. The van der Waals surface area contributed by atoms with E-state index in [0.717, 1.165) is 39.2 Å². The maximum Gasteiger partial charge on any atom is 0.309 e. The van der Waals surface area contributed by atoms with Gasteiger partial charge in [0.15, 0.2) is 0 Å². The number of esters is 1. The van der Waals surface area contributed by atoms with Crippen molar-refractivity contribution in [2.24, 2.45) is 11.8 Å². The average molecular weight is 435 g/mol. The maximum absolute atomic E-state index is 12.3. The summed E-state index contributed by atoms with van der Waals surface area (Å²) in [4.78, 5) is 17.0. The quantitative estimate of drug-likeness (QED) is 0.574. The Morgan fingerprint density at radius 3 is 2.65 bits per heavy atom. The number of hydrogen-bond donors (Lipinski definition) is 0. The van der Waals surface area contributed by atoms with Crippen LogP contribution in [0, 0.1) is 18.8 Å². The molecule has 4 rings (SSSR count). The third-order valence-corrected chi connectivity index (χ3v) is 6.69. The Bertz CT molecular complexity index is 838. The highest BCUT2D eigenvalue weighted by Crippen LogP contribution is 2.54. The van der Waals surface area contributed by atoms with E-state index in [0.29, 0.717) is 0 Å². The first-order valence-electron chi connectivity index (χ1n) is 9.03.